The van der Waals surface area contributed by atoms with Crippen LogP contribution < -0.4 is 35.2 Å². The van der Waals surface area contributed by atoms with Gasteiger partial charge in [0.1, 0.15) is 0 Å². The van der Waals surface area contributed by atoms with Gasteiger partial charge in [0.25, 0.3) is 0 Å². The van der Waals surface area contributed by atoms with Crippen LogP contribution in [0.5, 0.6) is 0 Å². The molecule has 167 valence electrons. The van der Waals surface area contributed by atoms with Gasteiger partial charge < -0.3 is 24.8 Å². The third-order valence-corrected chi connectivity index (χ3v) is 12.7. The summed E-state index contributed by atoms with van der Waals surface area (Å²) in [6.07, 6.45) is 8.14. The SMILES string of the molecule is C[Si](C)(C)OCCCC1=C(c2cc3c(c4c2[Si]4(C)C)[CH]([Zr+2])c2ccccc2-3)CC=C1.[Cl-].[Cl-]. The zero-order valence-corrected chi connectivity index (χ0v) is 25.6. The Hall–Kier alpha value is -0.223. The van der Waals surface area contributed by atoms with Gasteiger partial charge in [0.15, 0.2) is 0 Å². The standard InChI is InChI=1S/C26H31OSi2.2ClH.Zr/c1-28(2,3)27-15-9-12-18-11-8-14-20(18)24-17-22-21-13-7-6-10-19(21)16-23(22)25-26(24)29(25,4)5;;;/h6-8,10-11,13,16-17H,9,12,14-15H2,1-5H3;2*1H;/q;;;+2/p-2. The van der Waals surface area contributed by atoms with E-state index in [4.69, 9.17) is 4.43 Å². The van der Waals surface area contributed by atoms with E-state index in [1.165, 1.54) is 5.56 Å². The van der Waals surface area contributed by atoms with Crippen LogP contribution >= 0.6 is 0 Å². The summed E-state index contributed by atoms with van der Waals surface area (Å²) in [6.45, 7) is 12.9. The number of benzene rings is 2. The number of hydrogen-bond acceptors (Lipinski definition) is 1. The van der Waals surface area contributed by atoms with E-state index in [9.17, 15) is 0 Å². The maximum atomic E-state index is 6.11. The largest absolute Gasteiger partial charge is 1.00 e. The van der Waals surface area contributed by atoms with Crippen molar-refractivity contribution in [1.29, 1.82) is 0 Å². The van der Waals surface area contributed by atoms with Gasteiger partial charge in [-0.05, 0) is 19.6 Å². The van der Waals surface area contributed by atoms with Crippen molar-refractivity contribution < 1.29 is 54.0 Å². The Balaban J connectivity index is 0.00000144. The van der Waals surface area contributed by atoms with E-state index in [2.05, 4.69) is 75.2 Å². The van der Waals surface area contributed by atoms with E-state index in [1.54, 1.807) is 68.5 Å². The minimum atomic E-state index is -1.41. The van der Waals surface area contributed by atoms with Gasteiger partial charge in [-0.15, -0.1) is 0 Å². The van der Waals surface area contributed by atoms with Crippen molar-refractivity contribution >= 4 is 32.3 Å². The Kier molecular flexibility index (Phi) is 7.78. The molecule has 1 aliphatic heterocycles. The van der Waals surface area contributed by atoms with Crippen LogP contribution in [0.25, 0.3) is 16.7 Å². The van der Waals surface area contributed by atoms with Gasteiger partial charge in [0.2, 0.25) is 0 Å². The van der Waals surface area contributed by atoms with Crippen molar-refractivity contribution in [2.75, 3.05) is 6.61 Å². The first kappa shape index (κ1) is 26.4. The van der Waals surface area contributed by atoms with Crippen molar-refractivity contribution in [3.63, 3.8) is 0 Å². The van der Waals surface area contributed by atoms with Gasteiger partial charge in [-0.1, -0.05) is 0 Å². The molecule has 0 aromatic heterocycles. The normalized spacial score (nSPS) is 19.2. The molecule has 6 heteroatoms. The molecule has 1 nitrogen and oxygen atoms in total. The molecule has 2 aromatic carbocycles. The molecule has 0 N–H and O–H groups in total. The number of allylic oxidation sites excluding steroid dienone is 4. The fourth-order valence-corrected chi connectivity index (χ4v) is 11.7. The second kappa shape index (κ2) is 9.44. The summed E-state index contributed by atoms with van der Waals surface area (Å²) in [7, 11) is -2.82. The summed E-state index contributed by atoms with van der Waals surface area (Å²) in [4.78, 5) is 0. The maximum Gasteiger partial charge on any atom is -1.00 e. The summed E-state index contributed by atoms with van der Waals surface area (Å²) in [5.41, 5.74) is 11.0. The topological polar surface area (TPSA) is 9.23 Å². The first-order valence-corrected chi connectivity index (χ1v) is 19.1. The number of halogens is 2. The smallest absolute Gasteiger partial charge is 1.00 e. The van der Waals surface area contributed by atoms with E-state index in [0.717, 1.165) is 25.9 Å². The predicted octanol–water partition coefficient (Wildman–Crippen LogP) is -0.208. The Morgan fingerprint density at radius 3 is 2.47 bits per heavy atom. The van der Waals surface area contributed by atoms with Crippen LogP contribution in [0.4, 0.5) is 0 Å². The van der Waals surface area contributed by atoms with E-state index in [1.807, 2.05) is 0 Å². The van der Waals surface area contributed by atoms with Gasteiger partial charge in [-0.2, -0.15) is 0 Å². The fourth-order valence-electron chi connectivity index (χ4n) is 5.46. The van der Waals surface area contributed by atoms with E-state index < -0.39 is 16.4 Å². The Morgan fingerprint density at radius 2 is 1.75 bits per heavy atom. The Labute approximate surface area is 222 Å². The van der Waals surface area contributed by atoms with Crippen LogP contribution in [-0.2, 0) is 29.1 Å². The molecule has 0 saturated carbocycles. The zero-order chi connectivity index (χ0) is 21.3. The van der Waals surface area contributed by atoms with Crippen LogP contribution in [0.15, 0.2) is 48.1 Å². The minimum absolute atomic E-state index is 0. The molecule has 32 heavy (non-hydrogen) atoms. The third-order valence-electron chi connectivity index (χ3n) is 6.88. The third kappa shape index (κ3) is 4.41. The van der Waals surface area contributed by atoms with Crippen molar-refractivity contribution in [2.45, 2.75) is 55.6 Å². The fraction of sp³-hybridized carbons (Fsp3) is 0.385. The molecular formula is C26H31Cl2OSi2Zr. The van der Waals surface area contributed by atoms with Gasteiger partial charge in [-0.25, -0.2) is 0 Å². The van der Waals surface area contributed by atoms with Crippen LogP contribution in [0, 0.1) is 0 Å². The molecule has 0 saturated heterocycles. The molecule has 0 spiro atoms. The zero-order valence-electron chi connectivity index (χ0n) is 19.6. The van der Waals surface area contributed by atoms with Crippen LogP contribution in [0.1, 0.15) is 39.6 Å². The molecule has 2 aliphatic carbocycles. The van der Waals surface area contributed by atoms with Crippen LogP contribution in [-0.4, -0.2) is 23.0 Å². The summed E-state index contributed by atoms with van der Waals surface area (Å²) in [5, 5.41) is 3.55. The van der Waals surface area contributed by atoms with Gasteiger partial charge in [-0.3, -0.25) is 0 Å². The molecule has 0 radical (unpaired) electrons. The summed E-state index contributed by atoms with van der Waals surface area (Å²) >= 11 is 1.63. The summed E-state index contributed by atoms with van der Waals surface area (Å²) in [5.74, 6) is 0. The van der Waals surface area contributed by atoms with E-state index >= 15 is 0 Å². The van der Waals surface area contributed by atoms with E-state index in [-0.39, 0.29) is 24.8 Å². The minimum Gasteiger partial charge on any atom is -1.00 e. The number of hydrogen-bond donors (Lipinski definition) is 0. The molecule has 1 atom stereocenters. The number of fused-ring (bicyclic) bond motifs is 5. The second-order valence-corrected chi connectivity index (χ2v) is 20.6. The van der Waals surface area contributed by atoms with Crippen molar-refractivity contribution in [3.8, 4) is 11.1 Å². The van der Waals surface area contributed by atoms with Crippen molar-refractivity contribution in [1.82, 2.24) is 0 Å². The van der Waals surface area contributed by atoms with E-state index in [0.29, 0.717) is 3.63 Å². The summed E-state index contributed by atoms with van der Waals surface area (Å²) < 4.78 is 6.74. The van der Waals surface area contributed by atoms with Crippen LogP contribution in [0.3, 0.4) is 0 Å². The Bertz CT molecular complexity index is 1120. The molecule has 1 heterocycles. The predicted molar refractivity (Wildman–Crippen MR) is 130 cm³/mol. The average molecular weight is 578 g/mol. The molecular weight excluding hydrogens is 547 g/mol. The quantitative estimate of drug-likeness (QED) is 0.341. The number of rotatable bonds is 6. The molecule has 3 aliphatic rings. The monoisotopic (exact) mass is 575 g/mol. The molecule has 0 fully saturated rings. The van der Waals surface area contributed by atoms with Crippen molar-refractivity contribution in [2.24, 2.45) is 0 Å². The van der Waals surface area contributed by atoms with Crippen LogP contribution in [0.2, 0.25) is 32.7 Å². The average Bonchev–Trinajstić information content (AvgIpc) is 3.00. The van der Waals surface area contributed by atoms with Crippen molar-refractivity contribution in [3.05, 3.63) is 64.7 Å². The summed E-state index contributed by atoms with van der Waals surface area (Å²) in [6, 6.07) is 11.7. The molecule has 0 amide bonds. The first-order valence-electron chi connectivity index (χ1n) is 11.3. The Morgan fingerprint density at radius 1 is 1.03 bits per heavy atom. The second-order valence-electron chi connectivity index (χ2n) is 10.5. The molecule has 0 bridgehead atoms. The molecule has 2 aromatic rings. The first-order chi connectivity index (χ1) is 14.2. The van der Waals surface area contributed by atoms with Gasteiger partial charge in [0.05, 0.1) is 0 Å². The van der Waals surface area contributed by atoms with Gasteiger partial charge >= 0.3 is 180 Å². The molecule has 1 unspecified atom stereocenters. The van der Waals surface area contributed by atoms with Gasteiger partial charge in [0, 0.05) is 0 Å². The molecule has 5 rings (SSSR count). The maximum absolute atomic E-state index is 6.11.